The van der Waals surface area contributed by atoms with E-state index < -0.39 is 27.4 Å². The lowest BCUT2D eigenvalue weighted by Gasteiger charge is -2.16. The van der Waals surface area contributed by atoms with Crippen LogP contribution in [0.15, 0.2) is 0 Å². The van der Waals surface area contributed by atoms with E-state index in [1.54, 1.807) is 0 Å². The Bertz CT molecular complexity index is 187. The number of hydrogen-bond donors (Lipinski definition) is 0. The van der Waals surface area contributed by atoms with E-state index in [1.165, 1.54) is 0 Å². The maximum absolute atomic E-state index is 12.1. The zero-order chi connectivity index (χ0) is 8.70. The quantitative estimate of drug-likeness (QED) is 0.634. The number of alkyl halides is 3. The molecule has 0 heterocycles. The van der Waals surface area contributed by atoms with Crippen molar-refractivity contribution in [1.82, 2.24) is 0 Å². The van der Waals surface area contributed by atoms with Gasteiger partial charge < -0.3 is 0 Å². The number of hydrogen-bond acceptors (Lipinski definition) is 1. The lowest BCUT2D eigenvalue weighted by Crippen LogP contribution is -2.28. The molecule has 0 radical (unpaired) electrons. The molecule has 0 saturated heterocycles. The van der Waals surface area contributed by atoms with Gasteiger partial charge in [0.2, 0.25) is 0 Å². The van der Waals surface area contributed by atoms with Gasteiger partial charge in [-0.3, -0.25) is 0 Å². The van der Waals surface area contributed by atoms with Gasteiger partial charge in [-0.15, -0.1) is 0 Å². The third-order valence-corrected chi connectivity index (χ3v) is 2.95. The van der Waals surface area contributed by atoms with Gasteiger partial charge in [0, 0.05) is 0 Å². The molecule has 1 atom stereocenters. The SMILES string of the molecule is O=S(Cl)CC1(C(F)(F)F)CC1. The van der Waals surface area contributed by atoms with Crippen molar-refractivity contribution < 1.29 is 17.4 Å². The molecule has 1 saturated carbocycles. The van der Waals surface area contributed by atoms with Crippen molar-refractivity contribution in [3.05, 3.63) is 0 Å². The molecule has 1 aliphatic carbocycles. The van der Waals surface area contributed by atoms with E-state index in [0.717, 1.165) is 0 Å². The van der Waals surface area contributed by atoms with Crippen molar-refractivity contribution in [3.8, 4) is 0 Å². The van der Waals surface area contributed by atoms with Gasteiger partial charge in [-0.25, -0.2) is 4.21 Å². The van der Waals surface area contributed by atoms with Crippen LogP contribution in [0, 0.1) is 5.41 Å². The van der Waals surface area contributed by atoms with E-state index in [4.69, 9.17) is 10.7 Å². The summed E-state index contributed by atoms with van der Waals surface area (Å²) in [4.78, 5) is 0. The predicted octanol–water partition coefficient (Wildman–Crippen LogP) is 2.23. The highest BCUT2D eigenvalue weighted by Crippen LogP contribution is 2.58. The second-order valence-corrected chi connectivity index (χ2v) is 4.61. The molecule has 0 aliphatic heterocycles. The third kappa shape index (κ3) is 1.87. The molecule has 0 amide bonds. The zero-order valence-electron chi connectivity index (χ0n) is 5.45. The van der Waals surface area contributed by atoms with Crippen LogP contribution in [0.2, 0.25) is 0 Å². The molecule has 1 unspecified atom stereocenters. The summed E-state index contributed by atoms with van der Waals surface area (Å²) in [5.41, 5.74) is -1.72. The lowest BCUT2D eigenvalue weighted by molar-refractivity contribution is -0.179. The first-order valence-corrected chi connectivity index (χ1v) is 5.13. The highest BCUT2D eigenvalue weighted by molar-refractivity contribution is 8.08. The summed E-state index contributed by atoms with van der Waals surface area (Å²) in [6.45, 7) is 0. The van der Waals surface area contributed by atoms with Crippen molar-refractivity contribution in [1.29, 1.82) is 0 Å². The Kier molecular flexibility index (Phi) is 2.22. The summed E-state index contributed by atoms with van der Waals surface area (Å²) in [7, 11) is 3.11. The second-order valence-electron chi connectivity index (χ2n) is 2.71. The van der Waals surface area contributed by atoms with Gasteiger partial charge in [-0.05, 0) is 23.5 Å². The van der Waals surface area contributed by atoms with Crippen LogP contribution in [0.1, 0.15) is 12.8 Å². The Morgan fingerprint density at radius 1 is 1.45 bits per heavy atom. The van der Waals surface area contributed by atoms with Gasteiger partial charge in [0.25, 0.3) is 0 Å². The molecule has 0 spiro atoms. The first-order chi connectivity index (χ1) is 4.87. The lowest BCUT2D eigenvalue weighted by atomic mass is 10.1. The van der Waals surface area contributed by atoms with E-state index in [2.05, 4.69) is 0 Å². The molecule has 66 valence electrons. The Hall–Kier alpha value is 0.230. The van der Waals surface area contributed by atoms with Gasteiger partial charge in [0.15, 0.2) is 0 Å². The summed E-state index contributed by atoms with van der Waals surface area (Å²) >= 11 is 0. The molecule has 0 aromatic carbocycles. The summed E-state index contributed by atoms with van der Waals surface area (Å²) in [5.74, 6) is -0.460. The minimum atomic E-state index is -4.24. The molecule has 0 bridgehead atoms. The molecule has 0 aromatic heterocycles. The highest BCUT2D eigenvalue weighted by Gasteiger charge is 2.63. The van der Waals surface area contributed by atoms with Gasteiger partial charge in [0.1, 0.15) is 10.0 Å². The maximum atomic E-state index is 12.1. The van der Waals surface area contributed by atoms with E-state index >= 15 is 0 Å². The van der Waals surface area contributed by atoms with E-state index in [1.807, 2.05) is 0 Å². The molecule has 1 fully saturated rings. The van der Waals surface area contributed by atoms with Crippen molar-refractivity contribution in [2.45, 2.75) is 19.0 Å². The van der Waals surface area contributed by atoms with Crippen molar-refractivity contribution in [2.75, 3.05) is 5.75 Å². The van der Waals surface area contributed by atoms with E-state index in [0.29, 0.717) is 0 Å². The van der Waals surface area contributed by atoms with Gasteiger partial charge in [-0.1, -0.05) is 0 Å². The largest absolute Gasteiger partial charge is 0.395 e. The van der Waals surface area contributed by atoms with E-state index in [9.17, 15) is 17.4 Å². The monoisotopic (exact) mass is 206 g/mol. The Balaban J connectivity index is 2.61. The van der Waals surface area contributed by atoms with Crippen LogP contribution in [-0.2, 0) is 10.0 Å². The molecule has 1 nitrogen and oxygen atoms in total. The smallest absolute Gasteiger partial charge is 0.243 e. The molecule has 0 N–H and O–H groups in total. The third-order valence-electron chi connectivity index (χ3n) is 1.84. The molecule has 1 aliphatic rings. The number of rotatable bonds is 2. The Morgan fingerprint density at radius 2 is 1.91 bits per heavy atom. The highest BCUT2D eigenvalue weighted by atomic mass is 35.7. The minimum absolute atomic E-state index is 0.0644. The second kappa shape index (κ2) is 2.62. The maximum Gasteiger partial charge on any atom is 0.395 e. The predicted molar refractivity (Wildman–Crippen MR) is 36.6 cm³/mol. The van der Waals surface area contributed by atoms with E-state index in [-0.39, 0.29) is 12.8 Å². The molecule has 1 rings (SSSR count). The molecule has 6 heteroatoms. The van der Waals surface area contributed by atoms with Crippen LogP contribution in [0.3, 0.4) is 0 Å². The molecular formula is C5H6ClF3OS. The van der Waals surface area contributed by atoms with Crippen LogP contribution in [0.4, 0.5) is 13.2 Å². The topological polar surface area (TPSA) is 17.1 Å². The van der Waals surface area contributed by atoms with Crippen molar-refractivity contribution in [2.24, 2.45) is 5.41 Å². The Morgan fingerprint density at radius 3 is 2.00 bits per heavy atom. The summed E-state index contributed by atoms with van der Waals surface area (Å²) in [6, 6.07) is 0. The fourth-order valence-electron chi connectivity index (χ4n) is 0.878. The van der Waals surface area contributed by atoms with Crippen molar-refractivity contribution in [3.63, 3.8) is 0 Å². The van der Waals surface area contributed by atoms with Crippen LogP contribution in [0.25, 0.3) is 0 Å². The molecule has 11 heavy (non-hydrogen) atoms. The minimum Gasteiger partial charge on any atom is -0.243 e. The first-order valence-electron chi connectivity index (χ1n) is 2.99. The summed E-state index contributed by atoms with van der Waals surface area (Å²) in [6.07, 6.45) is -4.11. The average molecular weight is 207 g/mol. The normalized spacial score (nSPS) is 24.7. The average Bonchev–Trinajstić information content (AvgIpc) is 2.42. The summed E-state index contributed by atoms with van der Waals surface area (Å²) < 4.78 is 46.5. The van der Waals surface area contributed by atoms with Crippen LogP contribution >= 0.6 is 10.7 Å². The van der Waals surface area contributed by atoms with Crippen LogP contribution in [0.5, 0.6) is 0 Å². The van der Waals surface area contributed by atoms with Gasteiger partial charge in [-0.2, -0.15) is 13.2 Å². The zero-order valence-corrected chi connectivity index (χ0v) is 7.02. The van der Waals surface area contributed by atoms with Gasteiger partial charge in [0.05, 0.1) is 11.2 Å². The number of halogens is 4. The standard InChI is InChI=1S/C5H6ClF3OS/c6-11(10)3-4(1-2-4)5(7,8)9/h1-3H2. The summed E-state index contributed by atoms with van der Waals surface area (Å²) in [5, 5.41) is 0. The molecule has 0 aromatic rings. The Labute approximate surface area is 68.9 Å². The van der Waals surface area contributed by atoms with Gasteiger partial charge >= 0.3 is 6.18 Å². The molecular weight excluding hydrogens is 201 g/mol. The van der Waals surface area contributed by atoms with Crippen LogP contribution in [-0.4, -0.2) is 16.1 Å². The fourth-order valence-corrected chi connectivity index (χ4v) is 2.39. The van der Waals surface area contributed by atoms with Crippen LogP contribution < -0.4 is 0 Å². The van der Waals surface area contributed by atoms with Crippen molar-refractivity contribution >= 4 is 20.7 Å². The fraction of sp³-hybridized carbons (Fsp3) is 1.00. The first kappa shape index (κ1) is 9.32.